The number of amides is 2. The van der Waals surface area contributed by atoms with Gasteiger partial charge in [0.25, 0.3) is 0 Å². The summed E-state index contributed by atoms with van der Waals surface area (Å²) in [5.74, 6) is 0.615. The smallest absolute Gasteiger partial charge is 0.322 e. The van der Waals surface area contributed by atoms with Crippen molar-refractivity contribution >= 4 is 23.3 Å². The highest BCUT2D eigenvalue weighted by molar-refractivity contribution is 6.30. The van der Waals surface area contributed by atoms with E-state index < -0.39 is 0 Å². The maximum Gasteiger partial charge on any atom is 0.322 e. The van der Waals surface area contributed by atoms with E-state index in [1.54, 1.807) is 24.1 Å². The lowest BCUT2D eigenvalue weighted by Gasteiger charge is -2.31. The van der Waals surface area contributed by atoms with Crippen molar-refractivity contribution in [3.63, 3.8) is 0 Å². The Hall–Kier alpha value is -2.04. The lowest BCUT2D eigenvalue weighted by atomic mass is 9.91. The Morgan fingerprint density at radius 3 is 2.52 bits per heavy atom. The van der Waals surface area contributed by atoms with E-state index in [4.69, 9.17) is 11.6 Å². The standard InChI is InChI=1S/C20H24ClN3O/c1-24(18-10-8-17(21)9-11-18)20(25)23-19-12-7-16(14-22-19)13-15-5-3-2-4-6-15/h2-6,8-11,16,19,22H,7,12-14H2,1H3,(H,23,25). The number of piperidine rings is 1. The zero-order valence-corrected chi connectivity index (χ0v) is 15.2. The van der Waals surface area contributed by atoms with Gasteiger partial charge in [0.05, 0.1) is 6.17 Å². The molecule has 1 heterocycles. The number of anilines is 1. The predicted molar refractivity (Wildman–Crippen MR) is 103 cm³/mol. The maximum absolute atomic E-state index is 12.4. The molecule has 0 spiro atoms. The molecule has 132 valence electrons. The highest BCUT2D eigenvalue weighted by atomic mass is 35.5. The van der Waals surface area contributed by atoms with Crippen LogP contribution in [0.15, 0.2) is 54.6 Å². The first-order valence-electron chi connectivity index (χ1n) is 8.69. The molecule has 4 nitrogen and oxygen atoms in total. The highest BCUT2D eigenvalue weighted by Gasteiger charge is 2.23. The van der Waals surface area contributed by atoms with E-state index in [-0.39, 0.29) is 12.2 Å². The second kappa shape index (κ2) is 8.37. The summed E-state index contributed by atoms with van der Waals surface area (Å²) in [6.45, 7) is 0.921. The van der Waals surface area contributed by atoms with Gasteiger partial charge in [0.2, 0.25) is 0 Å². The number of hydrogen-bond donors (Lipinski definition) is 2. The van der Waals surface area contributed by atoms with Crippen LogP contribution < -0.4 is 15.5 Å². The van der Waals surface area contributed by atoms with Gasteiger partial charge >= 0.3 is 6.03 Å². The molecule has 2 atom stereocenters. The third kappa shape index (κ3) is 4.97. The van der Waals surface area contributed by atoms with E-state index in [0.717, 1.165) is 31.5 Å². The minimum absolute atomic E-state index is 0.0225. The molecule has 0 radical (unpaired) electrons. The molecule has 1 aliphatic rings. The fourth-order valence-electron chi connectivity index (χ4n) is 3.19. The molecular weight excluding hydrogens is 334 g/mol. The number of carbonyl (C=O) groups excluding carboxylic acids is 1. The lowest BCUT2D eigenvalue weighted by molar-refractivity contribution is 0.228. The van der Waals surface area contributed by atoms with Crippen molar-refractivity contribution in [2.45, 2.75) is 25.4 Å². The average molecular weight is 358 g/mol. The van der Waals surface area contributed by atoms with Gasteiger partial charge in [0, 0.05) is 24.3 Å². The Bertz CT molecular complexity index is 682. The molecule has 2 unspecified atom stereocenters. The van der Waals surface area contributed by atoms with Crippen LogP contribution in [0.5, 0.6) is 0 Å². The molecule has 2 amide bonds. The number of nitrogens with one attached hydrogen (secondary N) is 2. The number of hydrogen-bond acceptors (Lipinski definition) is 2. The maximum atomic E-state index is 12.4. The summed E-state index contributed by atoms with van der Waals surface area (Å²) in [5, 5.41) is 7.18. The minimum Gasteiger partial charge on any atom is -0.322 e. The molecule has 2 aromatic carbocycles. The normalized spacial score (nSPS) is 20.1. The molecule has 0 bridgehead atoms. The van der Waals surface area contributed by atoms with Crippen molar-refractivity contribution in [3.8, 4) is 0 Å². The van der Waals surface area contributed by atoms with E-state index in [0.29, 0.717) is 10.9 Å². The number of urea groups is 1. The van der Waals surface area contributed by atoms with Crippen LogP contribution in [0.3, 0.4) is 0 Å². The van der Waals surface area contributed by atoms with E-state index in [1.807, 2.05) is 18.2 Å². The lowest BCUT2D eigenvalue weighted by Crippen LogP contribution is -2.53. The summed E-state index contributed by atoms with van der Waals surface area (Å²) in [6, 6.07) is 17.7. The van der Waals surface area contributed by atoms with Gasteiger partial charge in [0.1, 0.15) is 0 Å². The first-order chi connectivity index (χ1) is 12.1. The molecule has 0 aromatic heterocycles. The van der Waals surface area contributed by atoms with Gasteiger partial charge in [0.15, 0.2) is 0 Å². The second-order valence-electron chi connectivity index (χ2n) is 6.58. The largest absolute Gasteiger partial charge is 0.322 e. The van der Waals surface area contributed by atoms with Crippen LogP contribution in [-0.2, 0) is 6.42 Å². The van der Waals surface area contributed by atoms with Crippen LogP contribution in [0, 0.1) is 5.92 Å². The molecule has 0 saturated carbocycles. The topological polar surface area (TPSA) is 44.4 Å². The van der Waals surface area contributed by atoms with E-state index in [1.165, 1.54) is 5.56 Å². The Morgan fingerprint density at radius 1 is 1.16 bits per heavy atom. The summed E-state index contributed by atoms with van der Waals surface area (Å²) in [6.07, 6.45) is 3.16. The van der Waals surface area contributed by atoms with Crippen molar-refractivity contribution in [2.75, 3.05) is 18.5 Å². The zero-order chi connectivity index (χ0) is 17.6. The third-order valence-corrected chi connectivity index (χ3v) is 4.95. The van der Waals surface area contributed by atoms with Gasteiger partial charge in [-0.15, -0.1) is 0 Å². The minimum atomic E-state index is -0.110. The van der Waals surface area contributed by atoms with Crippen molar-refractivity contribution in [1.29, 1.82) is 0 Å². The number of halogens is 1. The number of benzene rings is 2. The molecule has 2 N–H and O–H groups in total. The van der Waals surface area contributed by atoms with Gasteiger partial charge < -0.3 is 5.32 Å². The van der Waals surface area contributed by atoms with Crippen LogP contribution in [0.25, 0.3) is 0 Å². The molecule has 3 rings (SSSR count). The quantitative estimate of drug-likeness (QED) is 0.866. The fourth-order valence-corrected chi connectivity index (χ4v) is 3.31. The molecular formula is C20H24ClN3O. The number of rotatable bonds is 4. The fraction of sp³-hybridized carbons (Fsp3) is 0.350. The molecule has 1 saturated heterocycles. The first-order valence-corrected chi connectivity index (χ1v) is 9.06. The molecule has 25 heavy (non-hydrogen) atoms. The number of carbonyl (C=O) groups is 1. The van der Waals surface area contributed by atoms with Crippen LogP contribution >= 0.6 is 11.6 Å². The summed E-state index contributed by atoms with van der Waals surface area (Å²) in [7, 11) is 1.76. The van der Waals surface area contributed by atoms with Gasteiger partial charge in [-0.3, -0.25) is 10.2 Å². The van der Waals surface area contributed by atoms with E-state index in [9.17, 15) is 4.79 Å². The Kier molecular flexibility index (Phi) is 5.95. The van der Waals surface area contributed by atoms with Gasteiger partial charge in [-0.25, -0.2) is 4.79 Å². The predicted octanol–water partition coefficient (Wildman–Crippen LogP) is 4.05. The van der Waals surface area contributed by atoms with Gasteiger partial charge in [-0.1, -0.05) is 41.9 Å². The molecule has 1 fully saturated rings. The van der Waals surface area contributed by atoms with Gasteiger partial charge in [-0.05, 0) is 55.0 Å². The monoisotopic (exact) mass is 357 g/mol. The van der Waals surface area contributed by atoms with Gasteiger partial charge in [-0.2, -0.15) is 0 Å². The first kappa shape index (κ1) is 17.8. The number of nitrogens with zero attached hydrogens (tertiary/aromatic N) is 1. The SMILES string of the molecule is CN(C(=O)NC1CCC(Cc2ccccc2)CN1)c1ccc(Cl)cc1. The second-order valence-corrected chi connectivity index (χ2v) is 7.02. The van der Waals surface area contributed by atoms with Crippen molar-refractivity contribution in [2.24, 2.45) is 5.92 Å². The third-order valence-electron chi connectivity index (χ3n) is 4.70. The van der Waals surface area contributed by atoms with Crippen molar-refractivity contribution < 1.29 is 4.79 Å². The van der Waals surface area contributed by atoms with E-state index >= 15 is 0 Å². The van der Waals surface area contributed by atoms with Crippen LogP contribution in [-0.4, -0.2) is 25.8 Å². The summed E-state index contributed by atoms with van der Waals surface area (Å²) in [4.78, 5) is 14.0. The van der Waals surface area contributed by atoms with Crippen molar-refractivity contribution in [1.82, 2.24) is 10.6 Å². The average Bonchev–Trinajstić information content (AvgIpc) is 2.64. The molecule has 1 aliphatic heterocycles. The Labute approximate surface area is 154 Å². The summed E-state index contributed by atoms with van der Waals surface area (Å²) < 4.78 is 0. The molecule has 0 aliphatic carbocycles. The molecule has 5 heteroatoms. The van der Waals surface area contributed by atoms with Crippen LogP contribution in [0.4, 0.5) is 10.5 Å². The van der Waals surface area contributed by atoms with E-state index in [2.05, 4.69) is 34.9 Å². The van der Waals surface area contributed by atoms with Crippen LogP contribution in [0.2, 0.25) is 5.02 Å². The van der Waals surface area contributed by atoms with Crippen LogP contribution in [0.1, 0.15) is 18.4 Å². The molecule has 2 aromatic rings. The Morgan fingerprint density at radius 2 is 1.88 bits per heavy atom. The highest BCUT2D eigenvalue weighted by Crippen LogP contribution is 2.20. The Balaban J connectivity index is 1.46. The zero-order valence-electron chi connectivity index (χ0n) is 14.4. The van der Waals surface area contributed by atoms with Crippen molar-refractivity contribution in [3.05, 3.63) is 65.2 Å². The summed E-state index contributed by atoms with van der Waals surface area (Å²) >= 11 is 5.89. The summed E-state index contributed by atoms with van der Waals surface area (Å²) in [5.41, 5.74) is 2.19.